The van der Waals surface area contributed by atoms with Crippen LogP contribution in [-0.4, -0.2) is 33.0 Å². The van der Waals surface area contributed by atoms with Gasteiger partial charge >= 0.3 is 5.97 Å². The number of nitrogens with zero attached hydrogens (tertiary/aromatic N) is 3. The van der Waals surface area contributed by atoms with Crippen molar-refractivity contribution in [2.24, 2.45) is 11.3 Å². The van der Waals surface area contributed by atoms with E-state index < -0.39 is 11.8 Å². The van der Waals surface area contributed by atoms with Gasteiger partial charge in [0.05, 0.1) is 25.4 Å². The second-order valence-electron chi connectivity index (χ2n) is 10.5. The van der Waals surface area contributed by atoms with Gasteiger partial charge in [-0.05, 0) is 72.3 Å². The molecule has 1 atom stereocenters. The molecule has 37 heavy (non-hydrogen) atoms. The maximum atomic E-state index is 15.0. The van der Waals surface area contributed by atoms with Crippen molar-refractivity contribution in [1.29, 1.82) is 0 Å². The molecule has 194 valence electrons. The zero-order chi connectivity index (χ0) is 26.2. The van der Waals surface area contributed by atoms with Gasteiger partial charge in [-0.2, -0.15) is 5.10 Å². The number of carboxylic acid groups (broad SMARTS) is 1. The summed E-state index contributed by atoms with van der Waals surface area (Å²) < 4.78 is 28.1. The SMILES string of the molecule is COc1ccc(F)c(-n2ncc(COc3cc(C(CC(=O)O)C4CC4)ccn3)c2C2=CCCC2(C)C)c1. The van der Waals surface area contributed by atoms with Crippen molar-refractivity contribution < 1.29 is 23.8 Å². The van der Waals surface area contributed by atoms with Crippen molar-refractivity contribution in [3.63, 3.8) is 0 Å². The fraction of sp³-hybridized carbons (Fsp3) is 0.414. The third-order valence-electron chi connectivity index (χ3n) is 7.48. The van der Waals surface area contributed by atoms with Crippen LogP contribution in [0.15, 0.2) is 48.8 Å². The zero-order valence-electron chi connectivity index (χ0n) is 21.4. The topological polar surface area (TPSA) is 86.5 Å². The number of carboxylic acids is 1. The second-order valence-corrected chi connectivity index (χ2v) is 10.5. The van der Waals surface area contributed by atoms with Crippen LogP contribution in [0, 0.1) is 17.2 Å². The van der Waals surface area contributed by atoms with E-state index >= 15 is 0 Å². The second kappa shape index (κ2) is 10.00. The first-order valence-electron chi connectivity index (χ1n) is 12.7. The Morgan fingerprint density at radius 3 is 2.76 bits per heavy atom. The van der Waals surface area contributed by atoms with Gasteiger partial charge in [0.25, 0.3) is 0 Å². The van der Waals surface area contributed by atoms with Crippen molar-refractivity contribution >= 4 is 11.5 Å². The average Bonchev–Trinajstić information content (AvgIpc) is 3.54. The number of ether oxygens (including phenoxy) is 2. The van der Waals surface area contributed by atoms with Gasteiger partial charge in [0.2, 0.25) is 5.88 Å². The fourth-order valence-corrected chi connectivity index (χ4v) is 5.27. The van der Waals surface area contributed by atoms with E-state index in [4.69, 9.17) is 9.47 Å². The molecule has 2 aliphatic rings. The fourth-order valence-electron chi connectivity index (χ4n) is 5.27. The van der Waals surface area contributed by atoms with E-state index in [-0.39, 0.29) is 24.4 Å². The highest BCUT2D eigenvalue weighted by molar-refractivity contribution is 5.73. The van der Waals surface area contributed by atoms with E-state index in [1.54, 1.807) is 36.3 Å². The molecule has 7 nitrogen and oxygen atoms in total. The first-order valence-corrected chi connectivity index (χ1v) is 12.7. The van der Waals surface area contributed by atoms with Crippen LogP contribution in [0.2, 0.25) is 0 Å². The Balaban J connectivity index is 1.47. The van der Waals surface area contributed by atoms with Crippen LogP contribution in [0.3, 0.4) is 0 Å². The molecule has 1 N–H and O–H groups in total. The lowest BCUT2D eigenvalue weighted by atomic mass is 9.83. The van der Waals surface area contributed by atoms with Gasteiger partial charge in [0.1, 0.15) is 23.9 Å². The van der Waals surface area contributed by atoms with E-state index in [0.717, 1.165) is 48.1 Å². The standard InChI is InChI=1S/C29H32FN3O4/c1-29(2)11-4-5-23(29)28-20(16-32-33(28)25-14-21(36-3)8-9-24(25)30)17-37-26-13-19(10-12-31-26)22(15-27(34)35)18-6-7-18/h5,8-10,12-14,16,18,22H,4,6-7,11,15,17H2,1-3H3,(H,34,35). The number of methoxy groups -OCH3 is 1. The maximum Gasteiger partial charge on any atom is 0.303 e. The summed E-state index contributed by atoms with van der Waals surface area (Å²) in [7, 11) is 1.55. The van der Waals surface area contributed by atoms with E-state index in [1.807, 2.05) is 12.1 Å². The van der Waals surface area contributed by atoms with Crippen molar-refractivity contribution in [2.75, 3.05) is 7.11 Å². The highest BCUT2D eigenvalue weighted by Gasteiger charge is 2.35. The van der Waals surface area contributed by atoms with Crippen LogP contribution in [-0.2, 0) is 11.4 Å². The Labute approximate surface area is 215 Å². The molecular weight excluding hydrogens is 473 g/mol. The molecule has 0 radical (unpaired) electrons. The Morgan fingerprint density at radius 2 is 2.08 bits per heavy atom. The number of rotatable bonds is 10. The number of hydrogen-bond donors (Lipinski definition) is 1. The normalized spacial score (nSPS) is 17.4. The Bertz CT molecular complexity index is 1340. The first kappa shape index (κ1) is 25.0. The largest absolute Gasteiger partial charge is 0.497 e. The van der Waals surface area contributed by atoms with Gasteiger partial charge in [-0.15, -0.1) is 0 Å². The van der Waals surface area contributed by atoms with Gasteiger partial charge in [-0.3, -0.25) is 4.79 Å². The number of carbonyl (C=O) groups is 1. The lowest BCUT2D eigenvalue weighted by molar-refractivity contribution is -0.137. The summed E-state index contributed by atoms with van der Waals surface area (Å²) in [5.74, 6) is 0.132. The van der Waals surface area contributed by atoms with Crippen LogP contribution in [0.5, 0.6) is 11.6 Å². The smallest absolute Gasteiger partial charge is 0.303 e. The molecule has 1 aromatic carbocycles. The van der Waals surface area contributed by atoms with Crippen LogP contribution < -0.4 is 9.47 Å². The molecule has 0 saturated heterocycles. The minimum atomic E-state index is -0.800. The summed E-state index contributed by atoms with van der Waals surface area (Å²) in [6.45, 7) is 4.56. The third kappa shape index (κ3) is 5.24. The highest BCUT2D eigenvalue weighted by atomic mass is 19.1. The van der Waals surface area contributed by atoms with Crippen molar-refractivity contribution in [3.05, 3.63) is 71.4 Å². The molecule has 0 aliphatic heterocycles. The Kier molecular flexibility index (Phi) is 6.75. The van der Waals surface area contributed by atoms with Gasteiger partial charge in [0, 0.05) is 23.9 Å². The summed E-state index contributed by atoms with van der Waals surface area (Å²) in [5, 5.41) is 13.9. The number of aromatic nitrogens is 3. The molecule has 1 unspecified atom stereocenters. The number of halogens is 1. The first-order chi connectivity index (χ1) is 17.8. The Morgan fingerprint density at radius 1 is 1.27 bits per heavy atom. The van der Waals surface area contributed by atoms with Crippen molar-refractivity contribution in [1.82, 2.24) is 14.8 Å². The van der Waals surface area contributed by atoms with E-state index in [2.05, 4.69) is 30.0 Å². The van der Waals surface area contributed by atoms with Gasteiger partial charge in [-0.25, -0.2) is 14.1 Å². The highest BCUT2D eigenvalue weighted by Crippen LogP contribution is 2.46. The molecule has 2 aliphatic carbocycles. The van der Waals surface area contributed by atoms with Crippen LogP contribution in [0.25, 0.3) is 11.3 Å². The molecule has 0 bridgehead atoms. The van der Waals surface area contributed by atoms with Gasteiger partial charge < -0.3 is 14.6 Å². The lowest BCUT2D eigenvalue weighted by Gasteiger charge is -2.24. The molecule has 1 saturated carbocycles. The summed E-state index contributed by atoms with van der Waals surface area (Å²) in [5.41, 5.74) is 3.87. The van der Waals surface area contributed by atoms with Gasteiger partial charge in [-0.1, -0.05) is 19.9 Å². The van der Waals surface area contributed by atoms with Gasteiger partial charge in [0.15, 0.2) is 0 Å². The minimum Gasteiger partial charge on any atom is -0.497 e. The molecule has 2 heterocycles. The number of aliphatic carboxylic acids is 1. The van der Waals surface area contributed by atoms with E-state index in [1.165, 1.54) is 6.07 Å². The van der Waals surface area contributed by atoms with Crippen LogP contribution in [0.4, 0.5) is 4.39 Å². The zero-order valence-corrected chi connectivity index (χ0v) is 21.4. The monoisotopic (exact) mass is 505 g/mol. The van der Waals surface area contributed by atoms with E-state index in [9.17, 15) is 14.3 Å². The minimum absolute atomic E-state index is 0.0401. The van der Waals surface area contributed by atoms with Crippen molar-refractivity contribution in [3.8, 4) is 17.3 Å². The summed E-state index contributed by atoms with van der Waals surface area (Å²) in [6.07, 6.45) is 9.69. The quantitative estimate of drug-likeness (QED) is 0.355. The third-order valence-corrected chi connectivity index (χ3v) is 7.48. The average molecular weight is 506 g/mol. The van der Waals surface area contributed by atoms with Crippen molar-refractivity contribution in [2.45, 2.75) is 58.5 Å². The number of hydrogen-bond acceptors (Lipinski definition) is 5. The molecule has 0 spiro atoms. The molecule has 2 aromatic heterocycles. The number of benzene rings is 1. The molecule has 8 heteroatoms. The van der Waals surface area contributed by atoms with Crippen LogP contribution in [0.1, 0.15) is 68.7 Å². The predicted molar refractivity (Wildman–Crippen MR) is 137 cm³/mol. The number of allylic oxidation sites excluding steroid dienone is 2. The van der Waals surface area contributed by atoms with E-state index in [0.29, 0.717) is 23.2 Å². The van der Waals surface area contributed by atoms with Crippen LogP contribution >= 0.6 is 0 Å². The molecule has 3 aromatic rings. The summed E-state index contributed by atoms with van der Waals surface area (Å²) >= 11 is 0. The predicted octanol–water partition coefficient (Wildman–Crippen LogP) is 6.17. The molecule has 1 fully saturated rings. The lowest BCUT2D eigenvalue weighted by Crippen LogP contribution is -2.15. The number of pyridine rings is 1. The summed E-state index contributed by atoms with van der Waals surface area (Å²) in [4.78, 5) is 15.8. The molecule has 0 amide bonds. The Hall–Kier alpha value is -3.68. The molecule has 5 rings (SSSR count). The maximum absolute atomic E-state index is 15.0. The molecular formula is C29H32FN3O4. The summed E-state index contributed by atoms with van der Waals surface area (Å²) in [6, 6.07) is 8.33.